The van der Waals surface area contributed by atoms with E-state index >= 15 is 0 Å². The zero-order valence-electron chi connectivity index (χ0n) is 15.5. The average Bonchev–Trinajstić information content (AvgIpc) is 3.05. The summed E-state index contributed by atoms with van der Waals surface area (Å²) in [5, 5.41) is 2.93. The molecule has 28 heavy (non-hydrogen) atoms. The predicted octanol–water partition coefficient (Wildman–Crippen LogP) is 3.95. The van der Waals surface area contributed by atoms with Gasteiger partial charge in [0.05, 0.1) is 7.11 Å². The van der Waals surface area contributed by atoms with Gasteiger partial charge in [-0.05, 0) is 0 Å². The Kier molecular flexibility index (Phi) is 5.72. The van der Waals surface area contributed by atoms with Crippen molar-refractivity contribution in [1.29, 1.82) is 0 Å². The van der Waals surface area contributed by atoms with Crippen LogP contribution >= 0.6 is 11.6 Å². The van der Waals surface area contributed by atoms with Crippen LogP contribution in [0.1, 0.15) is 5.56 Å². The number of nitrogens with zero attached hydrogens (tertiary/aromatic N) is 3. The second kappa shape index (κ2) is 8.39. The summed E-state index contributed by atoms with van der Waals surface area (Å²) in [6.07, 6.45) is 1.82. The van der Waals surface area contributed by atoms with Crippen molar-refractivity contribution in [3.05, 3.63) is 64.8 Å². The number of halogens is 1. The minimum absolute atomic E-state index is 0.135. The van der Waals surface area contributed by atoms with Gasteiger partial charge in [0.1, 0.15) is 0 Å². The molecule has 0 atom stereocenters. The van der Waals surface area contributed by atoms with Gasteiger partial charge in [-0.25, -0.2) is 0 Å². The van der Waals surface area contributed by atoms with Gasteiger partial charge in [0, 0.05) is 0 Å². The monoisotopic (exact) mass is 461 g/mol. The van der Waals surface area contributed by atoms with Crippen molar-refractivity contribution in [2.45, 2.75) is 10.6 Å². The molecule has 1 amide bonds. The standard InChI is InChI=1S/C21H20ClN3O2Se/c1-27-18-7-5-15(6-8-18)13-19-20(26)25(17-4-2-3-16(22)14-17)21(23-19)24-9-11-28-12-10-24/h2-8,13-14H,9-12H2,1H3/b19-13-. The fraction of sp³-hybridized carbons (Fsp3) is 0.238. The molecule has 2 heterocycles. The molecule has 2 aromatic rings. The van der Waals surface area contributed by atoms with Gasteiger partial charge in [0.15, 0.2) is 0 Å². The van der Waals surface area contributed by atoms with Crippen LogP contribution in [0.2, 0.25) is 15.7 Å². The van der Waals surface area contributed by atoms with Crippen LogP contribution < -0.4 is 9.64 Å². The molecule has 5 nitrogen and oxygen atoms in total. The van der Waals surface area contributed by atoms with Gasteiger partial charge in [0.2, 0.25) is 0 Å². The van der Waals surface area contributed by atoms with Crippen molar-refractivity contribution in [3.63, 3.8) is 0 Å². The molecular formula is C21H20ClN3O2Se. The van der Waals surface area contributed by atoms with Crippen LogP contribution in [0.15, 0.2) is 59.2 Å². The van der Waals surface area contributed by atoms with Gasteiger partial charge in [-0.3, -0.25) is 0 Å². The molecule has 144 valence electrons. The number of amides is 1. The number of benzene rings is 2. The van der Waals surface area contributed by atoms with Gasteiger partial charge in [-0.2, -0.15) is 0 Å². The molecular weight excluding hydrogens is 441 g/mol. The Bertz CT molecular complexity index is 937. The number of rotatable bonds is 3. The molecule has 2 aliphatic heterocycles. The summed E-state index contributed by atoms with van der Waals surface area (Å²) in [4.78, 5) is 21.9. The molecule has 0 spiro atoms. The number of hydrogen-bond donors (Lipinski definition) is 0. The molecule has 7 heteroatoms. The van der Waals surface area contributed by atoms with Crippen LogP contribution in [0.25, 0.3) is 6.08 Å². The summed E-state index contributed by atoms with van der Waals surface area (Å²) in [5.74, 6) is 1.34. The summed E-state index contributed by atoms with van der Waals surface area (Å²) in [5.41, 5.74) is 2.07. The molecule has 0 N–H and O–H groups in total. The number of carbonyl (C=O) groups excluding carboxylic acids is 1. The fourth-order valence-corrected chi connectivity index (χ4v) is 5.27. The van der Waals surface area contributed by atoms with Gasteiger partial charge in [0.25, 0.3) is 0 Å². The Labute approximate surface area is 175 Å². The number of anilines is 1. The number of ether oxygens (including phenoxy) is 1. The number of carbonyl (C=O) groups is 1. The zero-order chi connectivity index (χ0) is 19.5. The van der Waals surface area contributed by atoms with Crippen molar-refractivity contribution in [3.8, 4) is 5.75 Å². The second-order valence-electron chi connectivity index (χ2n) is 6.43. The van der Waals surface area contributed by atoms with Crippen LogP contribution in [-0.4, -0.2) is 51.9 Å². The molecule has 4 rings (SSSR count). The number of guanidine groups is 1. The third-order valence-corrected chi connectivity index (χ3v) is 6.83. The van der Waals surface area contributed by atoms with E-state index in [4.69, 9.17) is 21.3 Å². The maximum atomic E-state index is 13.3. The predicted molar refractivity (Wildman–Crippen MR) is 114 cm³/mol. The van der Waals surface area contributed by atoms with Crippen molar-refractivity contribution in [2.24, 2.45) is 4.99 Å². The Morgan fingerprint density at radius 3 is 2.57 bits per heavy atom. The van der Waals surface area contributed by atoms with Crippen LogP contribution in [0.5, 0.6) is 5.75 Å². The van der Waals surface area contributed by atoms with Crippen molar-refractivity contribution in [1.82, 2.24) is 4.90 Å². The van der Waals surface area contributed by atoms with E-state index in [0.717, 1.165) is 30.1 Å². The summed E-state index contributed by atoms with van der Waals surface area (Å²) in [7, 11) is 1.63. The van der Waals surface area contributed by atoms with Crippen molar-refractivity contribution in [2.75, 3.05) is 25.1 Å². The molecule has 0 aliphatic carbocycles. The van der Waals surface area contributed by atoms with E-state index in [-0.39, 0.29) is 5.91 Å². The first-order valence-electron chi connectivity index (χ1n) is 9.03. The average molecular weight is 461 g/mol. The van der Waals surface area contributed by atoms with Crippen molar-refractivity contribution >= 4 is 50.2 Å². The third kappa shape index (κ3) is 3.95. The Morgan fingerprint density at radius 2 is 1.89 bits per heavy atom. The molecule has 1 fully saturated rings. The number of methoxy groups -OCH3 is 1. The van der Waals surface area contributed by atoms with E-state index in [1.54, 1.807) is 24.1 Å². The van der Waals surface area contributed by atoms with Gasteiger partial charge in [-0.1, -0.05) is 0 Å². The molecule has 0 bridgehead atoms. The molecule has 0 unspecified atom stereocenters. The van der Waals surface area contributed by atoms with E-state index in [2.05, 4.69) is 4.90 Å². The summed E-state index contributed by atoms with van der Waals surface area (Å²) in [6.45, 7) is 1.86. The van der Waals surface area contributed by atoms with Crippen LogP contribution in [0, 0.1) is 0 Å². The van der Waals surface area contributed by atoms with E-state index in [0.29, 0.717) is 31.6 Å². The quantitative estimate of drug-likeness (QED) is 0.515. The van der Waals surface area contributed by atoms with Crippen LogP contribution in [0.4, 0.5) is 5.69 Å². The SMILES string of the molecule is COc1ccc(/C=C2\N=C(N3CC[Se]CC3)N(c3cccc(Cl)c3)C2=O)cc1. The molecule has 0 radical (unpaired) electrons. The number of aliphatic imine (C=N–C) groups is 1. The van der Waals surface area contributed by atoms with Crippen LogP contribution in [-0.2, 0) is 4.79 Å². The van der Waals surface area contributed by atoms with E-state index in [1.807, 2.05) is 42.5 Å². The van der Waals surface area contributed by atoms with Gasteiger partial charge in [-0.15, -0.1) is 0 Å². The Balaban J connectivity index is 1.72. The molecule has 1 saturated heterocycles. The molecule has 2 aromatic carbocycles. The molecule has 0 aromatic heterocycles. The van der Waals surface area contributed by atoms with Crippen molar-refractivity contribution < 1.29 is 9.53 Å². The first kappa shape index (κ1) is 19.1. The fourth-order valence-electron chi connectivity index (χ4n) is 3.19. The van der Waals surface area contributed by atoms with E-state index in [1.165, 1.54) is 10.6 Å². The summed E-state index contributed by atoms with van der Waals surface area (Å²) in [6, 6.07) is 14.9. The first-order chi connectivity index (χ1) is 13.7. The maximum absolute atomic E-state index is 13.3. The van der Waals surface area contributed by atoms with Crippen LogP contribution in [0.3, 0.4) is 0 Å². The number of hydrogen-bond acceptors (Lipinski definition) is 4. The topological polar surface area (TPSA) is 45.1 Å². The first-order valence-corrected chi connectivity index (χ1v) is 11.8. The zero-order valence-corrected chi connectivity index (χ0v) is 17.9. The summed E-state index contributed by atoms with van der Waals surface area (Å²) < 4.78 is 5.20. The second-order valence-corrected chi connectivity index (χ2v) is 9.44. The summed E-state index contributed by atoms with van der Waals surface area (Å²) >= 11 is 6.87. The van der Waals surface area contributed by atoms with E-state index < -0.39 is 0 Å². The normalized spacial score (nSPS) is 18.6. The Hall–Kier alpha value is -2.27. The molecule has 0 saturated carbocycles. The van der Waals surface area contributed by atoms with Gasteiger partial charge >= 0.3 is 169 Å². The minimum atomic E-state index is -0.135. The third-order valence-electron chi connectivity index (χ3n) is 4.62. The van der Waals surface area contributed by atoms with Gasteiger partial charge < -0.3 is 0 Å². The molecule has 2 aliphatic rings. The Morgan fingerprint density at radius 1 is 1.14 bits per heavy atom. The van der Waals surface area contributed by atoms with E-state index in [9.17, 15) is 4.79 Å².